The largest absolute Gasteiger partial charge is 0.394 e. The van der Waals surface area contributed by atoms with Crippen LogP contribution in [0.4, 0.5) is 0 Å². The zero-order valence-electron chi connectivity index (χ0n) is 52.7. The highest BCUT2D eigenvalue weighted by molar-refractivity contribution is 5.76. The van der Waals surface area contributed by atoms with Gasteiger partial charge in [0.1, 0.15) is 0 Å². The molecule has 3 N–H and O–H groups in total. The summed E-state index contributed by atoms with van der Waals surface area (Å²) in [7, 11) is 0. The minimum atomic E-state index is -0.661. The molecule has 0 aromatic heterocycles. The Morgan fingerprint density at radius 2 is 0.564 bits per heavy atom. The number of carbonyl (C=O) groups is 1. The molecule has 4 nitrogen and oxygen atoms in total. The molecule has 0 bridgehead atoms. The molecule has 0 heterocycles. The maximum Gasteiger partial charge on any atom is 0.220 e. The predicted octanol–water partition coefficient (Wildman–Crippen LogP) is 24.0. The molecule has 0 saturated carbocycles. The van der Waals surface area contributed by atoms with E-state index in [2.05, 4.69) is 92.1 Å². The predicted molar refractivity (Wildman–Crippen MR) is 350 cm³/mol. The van der Waals surface area contributed by atoms with Crippen molar-refractivity contribution in [2.24, 2.45) is 0 Å². The number of allylic oxidation sites excluding steroid dienone is 12. The second-order valence-electron chi connectivity index (χ2n) is 23.9. The number of unbranched alkanes of at least 4 members (excludes halogenated alkanes) is 46. The van der Waals surface area contributed by atoms with Gasteiger partial charge in [0.25, 0.3) is 0 Å². The van der Waals surface area contributed by atoms with E-state index in [1.54, 1.807) is 0 Å². The zero-order valence-corrected chi connectivity index (χ0v) is 52.7. The Bertz CT molecular complexity index is 1330. The molecule has 1 amide bonds. The zero-order chi connectivity index (χ0) is 56.2. The van der Waals surface area contributed by atoms with Crippen molar-refractivity contribution in [1.82, 2.24) is 5.32 Å². The Balaban J connectivity index is 3.41. The first kappa shape index (κ1) is 75.8. The second-order valence-corrected chi connectivity index (χ2v) is 23.9. The summed E-state index contributed by atoms with van der Waals surface area (Å²) in [6.07, 6.45) is 99.6. The first-order chi connectivity index (χ1) is 38.7. The summed E-state index contributed by atoms with van der Waals surface area (Å²) in [6, 6.07) is -0.538. The van der Waals surface area contributed by atoms with Crippen LogP contribution in [0.1, 0.15) is 373 Å². The minimum Gasteiger partial charge on any atom is -0.394 e. The van der Waals surface area contributed by atoms with Crippen LogP contribution in [0, 0.1) is 0 Å². The number of amides is 1. The molecule has 0 rings (SSSR count). The summed E-state index contributed by atoms with van der Waals surface area (Å²) in [5.41, 5.74) is 0. The van der Waals surface area contributed by atoms with Crippen molar-refractivity contribution in [3.05, 3.63) is 72.9 Å². The number of aliphatic hydroxyl groups is 2. The molecule has 0 aliphatic rings. The smallest absolute Gasteiger partial charge is 0.220 e. The molecule has 2 unspecified atom stereocenters. The average molecular weight is 1090 g/mol. The van der Waals surface area contributed by atoms with Crippen molar-refractivity contribution in [3.63, 3.8) is 0 Å². The van der Waals surface area contributed by atoms with Gasteiger partial charge in [0.05, 0.1) is 18.8 Å². The van der Waals surface area contributed by atoms with Crippen molar-refractivity contribution >= 4 is 5.91 Å². The number of hydrogen-bond donors (Lipinski definition) is 3. The maximum atomic E-state index is 12.6. The van der Waals surface area contributed by atoms with Gasteiger partial charge in [-0.25, -0.2) is 0 Å². The monoisotopic (exact) mass is 1090 g/mol. The minimum absolute atomic E-state index is 0.0244. The van der Waals surface area contributed by atoms with E-state index in [1.165, 1.54) is 283 Å². The molecule has 0 aromatic carbocycles. The quantitative estimate of drug-likeness (QED) is 0.0420. The van der Waals surface area contributed by atoms with Gasteiger partial charge in [-0.15, -0.1) is 0 Å². The lowest BCUT2D eigenvalue weighted by molar-refractivity contribution is -0.123. The van der Waals surface area contributed by atoms with Crippen molar-refractivity contribution < 1.29 is 15.0 Å². The van der Waals surface area contributed by atoms with Gasteiger partial charge in [0.15, 0.2) is 0 Å². The normalized spacial score (nSPS) is 13.1. The fraction of sp³-hybridized carbons (Fsp3) is 0.824. The van der Waals surface area contributed by atoms with E-state index >= 15 is 0 Å². The molecule has 0 aromatic rings. The molecule has 0 spiro atoms. The lowest BCUT2D eigenvalue weighted by atomic mass is 10.0. The molecule has 0 aliphatic heterocycles. The summed E-state index contributed by atoms with van der Waals surface area (Å²) in [5.74, 6) is -0.0244. The van der Waals surface area contributed by atoms with Gasteiger partial charge in [-0.3, -0.25) is 4.79 Å². The Labute approximate surface area is 489 Å². The molecule has 2 atom stereocenters. The third-order valence-electron chi connectivity index (χ3n) is 16.2. The molecule has 4 heteroatoms. The number of carbonyl (C=O) groups excluding carboxylic acids is 1. The Hall–Kier alpha value is -2.17. The van der Waals surface area contributed by atoms with E-state index in [9.17, 15) is 15.0 Å². The molecule has 0 fully saturated rings. The first-order valence-corrected chi connectivity index (χ1v) is 35.1. The number of aliphatic hydroxyl groups excluding tert-OH is 2. The van der Waals surface area contributed by atoms with Crippen LogP contribution in [0.5, 0.6) is 0 Å². The van der Waals surface area contributed by atoms with Crippen LogP contribution in [0.15, 0.2) is 72.9 Å². The van der Waals surface area contributed by atoms with Crippen molar-refractivity contribution in [2.45, 2.75) is 386 Å². The van der Waals surface area contributed by atoms with Crippen molar-refractivity contribution in [3.8, 4) is 0 Å². The second kappa shape index (κ2) is 69.1. The molecule has 78 heavy (non-hydrogen) atoms. The summed E-state index contributed by atoms with van der Waals surface area (Å²) >= 11 is 0. The summed E-state index contributed by atoms with van der Waals surface area (Å²) in [6.45, 7) is 4.28. The molecular formula is C74H137NO3. The molecule has 0 aliphatic carbocycles. The van der Waals surface area contributed by atoms with Gasteiger partial charge in [0, 0.05) is 6.42 Å². The van der Waals surface area contributed by atoms with E-state index in [0.29, 0.717) is 12.8 Å². The van der Waals surface area contributed by atoms with E-state index in [1.807, 2.05) is 0 Å². The summed E-state index contributed by atoms with van der Waals surface area (Å²) < 4.78 is 0. The molecule has 0 saturated heterocycles. The van der Waals surface area contributed by atoms with Crippen LogP contribution in [0.3, 0.4) is 0 Å². The van der Waals surface area contributed by atoms with Gasteiger partial charge in [-0.05, 0) is 64.2 Å². The molecular weight excluding hydrogens is 951 g/mol. The average Bonchev–Trinajstić information content (AvgIpc) is 3.44. The van der Waals surface area contributed by atoms with Crippen molar-refractivity contribution in [2.75, 3.05) is 6.61 Å². The highest BCUT2D eigenvalue weighted by Gasteiger charge is 2.20. The van der Waals surface area contributed by atoms with Gasteiger partial charge in [-0.2, -0.15) is 0 Å². The highest BCUT2D eigenvalue weighted by Crippen LogP contribution is 2.19. The third-order valence-corrected chi connectivity index (χ3v) is 16.2. The third kappa shape index (κ3) is 64.6. The van der Waals surface area contributed by atoms with Crippen molar-refractivity contribution in [1.29, 1.82) is 0 Å². The fourth-order valence-corrected chi connectivity index (χ4v) is 11.0. The van der Waals surface area contributed by atoms with E-state index < -0.39 is 12.1 Å². The Kier molecular flexibility index (Phi) is 67.2. The first-order valence-electron chi connectivity index (χ1n) is 35.1. The number of rotatable bonds is 65. The van der Waals surface area contributed by atoms with Crippen LogP contribution in [0.25, 0.3) is 0 Å². The van der Waals surface area contributed by atoms with Gasteiger partial charge in [-0.1, -0.05) is 376 Å². The van der Waals surface area contributed by atoms with E-state index in [-0.39, 0.29) is 12.5 Å². The Morgan fingerprint density at radius 3 is 0.846 bits per heavy atom. The summed E-state index contributed by atoms with van der Waals surface area (Å²) in [5, 5.41) is 23.5. The van der Waals surface area contributed by atoms with Crippen LogP contribution in [0.2, 0.25) is 0 Å². The van der Waals surface area contributed by atoms with Crippen LogP contribution in [-0.2, 0) is 4.79 Å². The van der Waals surface area contributed by atoms with Crippen LogP contribution < -0.4 is 5.32 Å². The SMILES string of the molecule is CC/C=C\C/C=C\C/C=C\C/C=C\C/C=C\C/C=C\CCCCCCCCCCCCCCCCCCCCCCCCC(=O)NC(CO)C(O)CCCCCCCCCCCCCCCCCCCCCCCCCCC. The van der Waals surface area contributed by atoms with Gasteiger partial charge in [0.2, 0.25) is 5.91 Å². The van der Waals surface area contributed by atoms with Crippen LogP contribution >= 0.6 is 0 Å². The van der Waals surface area contributed by atoms with E-state index in [0.717, 1.165) is 64.2 Å². The number of nitrogens with one attached hydrogen (secondary N) is 1. The maximum absolute atomic E-state index is 12.6. The van der Waals surface area contributed by atoms with Gasteiger partial charge < -0.3 is 15.5 Å². The molecule has 0 radical (unpaired) electrons. The topological polar surface area (TPSA) is 69.6 Å². The molecule has 456 valence electrons. The lowest BCUT2D eigenvalue weighted by Gasteiger charge is -2.22. The standard InChI is InChI=1S/C74H137NO3/c1-3-5-7-9-11-13-15-17-19-21-23-25-27-29-30-31-32-33-34-35-36-37-38-39-40-41-42-43-44-46-48-50-52-54-56-58-60-62-64-66-68-70-74(78)75-72(71-76)73(77)69-67-65-63-61-59-57-55-53-51-49-47-45-28-26-24-22-20-18-16-14-12-10-8-6-4-2/h5,7,11,13,17,19,23,25,29-30,32-33,72-73,76-77H,3-4,6,8-10,12,14-16,18,20-22,24,26-28,31,34-71H2,1-2H3,(H,75,78)/b7-5-,13-11-,19-17-,25-23-,30-29-,33-32-. The lowest BCUT2D eigenvalue weighted by Crippen LogP contribution is -2.45. The van der Waals surface area contributed by atoms with Crippen LogP contribution in [-0.4, -0.2) is 34.9 Å². The fourth-order valence-electron chi connectivity index (χ4n) is 11.0. The highest BCUT2D eigenvalue weighted by atomic mass is 16.3. The van der Waals surface area contributed by atoms with E-state index in [4.69, 9.17) is 0 Å². The summed E-state index contributed by atoms with van der Waals surface area (Å²) in [4.78, 5) is 12.6. The number of hydrogen-bond acceptors (Lipinski definition) is 3. The van der Waals surface area contributed by atoms with Gasteiger partial charge >= 0.3 is 0 Å². The Morgan fingerprint density at radius 1 is 0.321 bits per heavy atom.